The van der Waals surface area contributed by atoms with Crippen LogP contribution in [0.2, 0.25) is 0 Å². The summed E-state index contributed by atoms with van der Waals surface area (Å²) < 4.78 is 5.75. The van der Waals surface area contributed by atoms with Gasteiger partial charge in [0.15, 0.2) is 0 Å². The zero-order valence-electron chi connectivity index (χ0n) is 10.3. The van der Waals surface area contributed by atoms with Crippen molar-refractivity contribution in [3.63, 3.8) is 0 Å². The molecule has 0 saturated carbocycles. The van der Waals surface area contributed by atoms with E-state index in [-0.39, 0.29) is 5.91 Å². The molecule has 4 heteroatoms. The van der Waals surface area contributed by atoms with Crippen LogP contribution in [0, 0.1) is 5.92 Å². The minimum absolute atomic E-state index is 0.234. The molecule has 4 nitrogen and oxygen atoms in total. The van der Waals surface area contributed by atoms with Crippen LogP contribution in [0.25, 0.3) is 0 Å². The Balaban J connectivity index is 1.44. The van der Waals surface area contributed by atoms with Gasteiger partial charge in [0, 0.05) is 6.42 Å². The van der Waals surface area contributed by atoms with Crippen LogP contribution >= 0.6 is 0 Å². The quantitative estimate of drug-likeness (QED) is 0.765. The molecule has 3 aliphatic heterocycles. The smallest absolute Gasteiger partial charge is 0.220 e. The van der Waals surface area contributed by atoms with Crippen molar-refractivity contribution in [2.24, 2.45) is 5.92 Å². The third kappa shape index (κ3) is 2.63. The predicted molar refractivity (Wildman–Crippen MR) is 64.7 cm³/mol. The van der Waals surface area contributed by atoms with Gasteiger partial charge in [-0.15, -0.1) is 0 Å². The van der Waals surface area contributed by atoms with E-state index in [1.54, 1.807) is 0 Å². The van der Waals surface area contributed by atoms with Crippen molar-refractivity contribution in [1.82, 2.24) is 10.6 Å². The number of carbonyl (C=O) groups excluding carboxylic acids is 1. The minimum Gasteiger partial charge on any atom is -0.373 e. The monoisotopic (exact) mass is 238 g/mol. The van der Waals surface area contributed by atoms with Gasteiger partial charge < -0.3 is 15.4 Å². The van der Waals surface area contributed by atoms with Crippen LogP contribution < -0.4 is 10.6 Å². The number of fused-ring (bicyclic) bond motifs is 2. The maximum atomic E-state index is 12.0. The average Bonchev–Trinajstić information content (AvgIpc) is 2.92. The van der Waals surface area contributed by atoms with Gasteiger partial charge in [-0.25, -0.2) is 0 Å². The molecule has 96 valence electrons. The molecule has 0 spiro atoms. The van der Waals surface area contributed by atoms with Crippen molar-refractivity contribution in [2.45, 2.75) is 56.8 Å². The van der Waals surface area contributed by atoms with Gasteiger partial charge >= 0.3 is 0 Å². The van der Waals surface area contributed by atoms with E-state index in [1.165, 1.54) is 6.42 Å². The lowest BCUT2D eigenvalue weighted by Gasteiger charge is -2.24. The van der Waals surface area contributed by atoms with E-state index in [9.17, 15) is 4.79 Å². The first-order chi connectivity index (χ1) is 8.31. The molecular formula is C13H22N2O2. The summed E-state index contributed by atoms with van der Waals surface area (Å²) in [5.41, 5.74) is 0. The third-order valence-corrected chi connectivity index (χ3v) is 4.39. The highest BCUT2D eigenvalue weighted by atomic mass is 16.5. The molecule has 3 aliphatic rings. The van der Waals surface area contributed by atoms with Gasteiger partial charge in [-0.2, -0.15) is 0 Å². The number of nitrogens with one attached hydrogen (secondary N) is 2. The zero-order valence-corrected chi connectivity index (χ0v) is 10.3. The van der Waals surface area contributed by atoms with E-state index in [1.807, 2.05) is 0 Å². The topological polar surface area (TPSA) is 50.4 Å². The molecule has 17 heavy (non-hydrogen) atoms. The third-order valence-electron chi connectivity index (χ3n) is 4.39. The van der Waals surface area contributed by atoms with Crippen molar-refractivity contribution in [2.75, 3.05) is 13.1 Å². The van der Waals surface area contributed by atoms with Gasteiger partial charge in [-0.05, 0) is 51.1 Å². The van der Waals surface area contributed by atoms with Crippen LogP contribution in [0.1, 0.15) is 38.5 Å². The van der Waals surface area contributed by atoms with Crippen molar-refractivity contribution in [1.29, 1.82) is 0 Å². The lowest BCUT2D eigenvalue weighted by molar-refractivity contribution is -0.123. The van der Waals surface area contributed by atoms with Gasteiger partial charge in [0.25, 0.3) is 0 Å². The summed E-state index contributed by atoms with van der Waals surface area (Å²) >= 11 is 0. The maximum Gasteiger partial charge on any atom is 0.220 e. The zero-order chi connectivity index (χ0) is 11.7. The second-order valence-corrected chi connectivity index (χ2v) is 5.68. The molecule has 1 amide bonds. The van der Waals surface area contributed by atoms with Crippen molar-refractivity contribution >= 4 is 5.91 Å². The van der Waals surface area contributed by atoms with Crippen LogP contribution in [-0.4, -0.2) is 37.2 Å². The maximum absolute atomic E-state index is 12.0. The van der Waals surface area contributed by atoms with E-state index in [0.717, 1.165) is 38.8 Å². The summed E-state index contributed by atoms with van der Waals surface area (Å²) in [6, 6.07) is 0.294. The molecule has 3 saturated heterocycles. The number of ether oxygens (including phenoxy) is 1. The van der Waals surface area contributed by atoms with Gasteiger partial charge in [-0.3, -0.25) is 4.79 Å². The summed E-state index contributed by atoms with van der Waals surface area (Å²) in [5.74, 6) is 0.814. The molecule has 3 atom stereocenters. The summed E-state index contributed by atoms with van der Waals surface area (Å²) in [5, 5.41) is 6.50. The second-order valence-electron chi connectivity index (χ2n) is 5.68. The molecule has 0 aromatic carbocycles. The van der Waals surface area contributed by atoms with E-state index in [4.69, 9.17) is 4.74 Å². The van der Waals surface area contributed by atoms with Crippen LogP contribution in [0.4, 0.5) is 0 Å². The molecule has 3 heterocycles. The number of hydrogen-bond acceptors (Lipinski definition) is 3. The number of rotatable bonds is 3. The molecular weight excluding hydrogens is 216 g/mol. The normalized spacial score (nSPS) is 37.3. The fraction of sp³-hybridized carbons (Fsp3) is 0.923. The Bertz CT molecular complexity index is 289. The first kappa shape index (κ1) is 11.5. The molecule has 2 bridgehead atoms. The largest absolute Gasteiger partial charge is 0.373 e. The van der Waals surface area contributed by atoms with E-state index in [0.29, 0.717) is 30.6 Å². The summed E-state index contributed by atoms with van der Waals surface area (Å²) in [4.78, 5) is 12.0. The number of carbonyl (C=O) groups is 1. The summed E-state index contributed by atoms with van der Waals surface area (Å²) in [6.07, 6.45) is 7.05. The lowest BCUT2D eigenvalue weighted by Crippen LogP contribution is -2.42. The van der Waals surface area contributed by atoms with E-state index < -0.39 is 0 Å². The average molecular weight is 238 g/mol. The number of amides is 1. The Morgan fingerprint density at radius 1 is 1.24 bits per heavy atom. The van der Waals surface area contributed by atoms with Crippen LogP contribution in [0.3, 0.4) is 0 Å². The first-order valence-corrected chi connectivity index (χ1v) is 6.97. The van der Waals surface area contributed by atoms with E-state index >= 15 is 0 Å². The molecule has 0 aromatic rings. The molecule has 3 fully saturated rings. The Morgan fingerprint density at radius 3 is 2.71 bits per heavy atom. The van der Waals surface area contributed by atoms with Gasteiger partial charge in [-0.1, -0.05) is 0 Å². The summed E-state index contributed by atoms with van der Waals surface area (Å²) in [7, 11) is 0. The Hall–Kier alpha value is -0.610. The van der Waals surface area contributed by atoms with Crippen molar-refractivity contribution < 1.29 is 9.53 Å². The van der Waals surface area contributed by atoms with Crippen LogP contribution in [0.5, 0.6) is 0 Å². The van der Waals surface area contributed by atoms with Crippen LogP contribution in [-0.2, 0) is 9.53 Å². The van der Waals surface area contributed by atoms with Crippen molar-refractivity contribution in [3.8, 4) is 0 Å². The molecule has 3 unspecified atom stereocenters. The SMILES string of the molecule is O=C(CC1CCNCC1)NC1CC2CCC1O2. The lowest BCUT2D eigenvalue weighted by atomic mass is 9.92. The highest BCUT2D eigenvalue weighted by Gasteiger charge is 2.41. The van der Waals surface area contributed by atoms with Gasteiger partial charge in [0.05, 0.1) is 18.2 Å². The molecule has 2 N–H and O–H groups in total. The molecule has 0 aliphatic carbocycles. The molecule has 3 rings (SSSR count). The molecule has 0 aromatic heterocycles. The highest BCUT2D eigenvalue weighted by molar-refractivity contribution is 5.76. The van der Waals surface area contributed by atoms with Gasteiger partial charge in [0.2, 0.25) is 5.91 Å². The standard InChI is InChI=1S/C13H22N2O2/c16-13(7-9-3-5-14-6-4-9)15-11-8-10-1-2-12(11)17-10/h9-12,14H,1-8H2,(H,15,16). The predicted octanol–water partition coefficient (Wildman–Crippen LogP) is 0.812. The first-order valence-electron chi connectivity index (χ1n) is 6.97. The highest BCUT2D eigenvalue weighted by Crippen LogP contribution is 2.34. The van der Waals surface area contributed by atoms with Crippen LogP contribution in [0.15, 0.2) is 0 Å². The second kappa shape index (κ2) is 4.94. The molecule has 0 radical (unpaired) electrons. The summed E-state index contributed by atoms with van der Waals surface area (Å²) in [6.45, 7) is 2.13. The van der Waals surface area contributed by atoms with Gasteiger partial charge in [0.1, 0.15) is 0 Å². The number of hydrogen-bond donors (Lipinski definition) is 2. The minimum atomic E-state index is 0.234. The van der Waals surface area contributed by atoms with E-state index in [2.05, 4.69) is 10.6 Å². The Kier molecular flexibility index (Phi) is 3.34. The Labute approximate surface area is 102 Å². The number of piperidine rings is 1. The van der Waals surface area contributed by atoms with Crippen molar-refractivity contribution in [3.05, 3.63) is 0 Å². The fourth-order valence-corrected chi connectivity index (χ4v) is 3.40. The Morgan fingerprint density at radius 2 is 2.06 bits per heavy atom. The fourth-order valence-electron chi connectivity index (χ4n) is 3.40.